The maximum absolute atomic E-state index is 6.13. The van der Waals surface area contributed by atoms with Gasteiger partial charge in [-0.1, -0.05) is 24.4 Å². The molecule has 1 fully saturated rings. The van der Waals surface area contributed by atoms with E-state index in [0.29, 0.717) is 11.1 Å². The Kier molecular flexibility index (Phi) is 3.68. The van der Waals surface area contributed by atoms with Crippen molar-refractivity contribution in [1.82, 2.24) is 9.97 Å². The summed E-state index contributed by atoms with van der Waals surface area (Å²) >= 11 is 11.2. The average Bonchev–Trinajstić information content (AvgIpc) is 2.98. The van der Waals surface area contributed by atoms with Crippen molar-refractivity contribution in [2.45, 2.75) is 31.6 Å². The molecule has 0 radical (unpaired) electrons. The highest BCUT2D eigenvalue weighted by Gasteiger charge is 2.20. The van der Waals surface area contributed by atoms with Crippen LogP contribution >= 0.6 is 38.9 Å². The Morgan fingerprint density at radius 3 is 2.67 bits per heavy atom. The minimum absolute atomic E-state index is 0.548. The molecule has 0 aromatic carbocycles. The zero-order valence-corrected chi connectivity index (χ0v) is 12.9. The third-order valence-corrected chi connectivity index (χ3v) is 5.09. The topological polar surface area (TPSA) is 25.8 Å². The van der Waals surface area contributed by atoms with E-state index in [1.807, 2.05) is 18.2 Å². The Bertz CT molecular complexity index is 564. The van der Waals surface area contributed by atoms with Gasteiger partial charge in [0.15, 0.2) is 5.82 Å². The number of aromatic nitrogens is 2. The van der Waals surface area contributed by atoms with E-state index < -0.39 is 0 Å². The molecule has 94 valence electrons. The van der Waals surface area contributed by atoms with Crippen molar-refractivity contribution in [2.24, 2.45) is 0 Å². The quantitative estimate of drug-likeness (QED) is 0.693. The summed E-state index contributed by atoms with van der Waals surface area (Å²) in [7, 11) is 0. The van der Waals surface area contributed by atoms with E-state index in [1.54, 1.807) is 11.3 Å². The fraction of sp³-hybridized carbons (Fsp3) is 0.385. The lowest BCUT2D eigenvalue weighted by molar-refractivity contribution is 0.695. The Hall–Kier alpha value is -0.450. The number of hydrogen-bond acceptors (Lipinski definition) is 3. The van der Waals surface area contributed by atoms with Gasteiger partial charge in [0, 0.05) is 11.6 Å². The van der Waals surface area contributed by atoms with E-state index in [4.69, 9.17) is 16.6 Å². The van der Waals surface area contributed by atoms with Gasteiger partial charge in [0.05, 0.1) is 8.66 Å². The van der Waals surface area contributed by atoms with Gasteiger partial charge in [-0.3, -0.25) is 0 Å². The third kappa shape index (κ3) is 2.60. The van der Waals surface area contributed by atoms with E-state index in [-0.39, 0.29) is 0 Å². The van der Waals surface area contributed by atoms with Gasteiger partial charge in [-0.25, -0.2) is 9.97 Å². The van der Waals surface area contributed by atoms with E-state index in [2.05, 4.69) is 20.9 Å². The molecule has 1 aliphatic carbocycles. The van der Waals surface area contributed by atoms with Crippen LogP contribution in [-0.4, -0.2) is 9.97 Å². The second kappa shape index (κ2) is 5.27. The molecule has 3 rings (SSSR count). The molecule has 0 bridgehead atoms. The third-order valence-electron chi connectivity index (χ3n) is 3.28. The Morgan fingerprint density at radius 2 is 2.00 bits per heavy atom. The molecule has 0 N–H and O–H groups in total. The lowest BCUT2D eigenvalue weighted by Crippen LogP contribution is -1.99. The smallest absolute Gasteiger partial charge is 0.171 e. The molecule has 0 amide bonds. The van der Waals surface area contributed by atoms with Gasteiger partial charge in [-0.2, -0.15) is 0 Å². The number of thiophene rings is 1. The summed E-state index contributed by atoms with van der Waals surface area (Å²) in [6.07, 6.45) is 5.04. The lowest BCUT2D eigenvalue weighted by Gasteiger charge is -2.09. The van der Waals surface area contributed by atoms with Crippen molar-refractivity contribution in [3.8, 4) is 10.7 Å². The molecule has 2 heterocycles. The zero-order chi connectivity index (χ0) is 12.5. The molecule has 1 saturated carbocycles. The van der Waals surface area contributed by atoms with Gasteiger partial charge < -0.3 is 0 Å². The van der Waals surface area contributed by atoms with Crippen LogP contribution in [0.2, 0.25) is 5.15 Å². The zero-order valence-electron chi connectivity index (χ0n) is 9.70. The summed E-state index contributed by atoms with van der Waals surface area (Å²) in [5, 5.41) is 0.548. The monoisotopic (exact) mass is 342 g/mol. The average molecular weight is 344 g/mol. The minimum Gasteiger partial charge on any atom is -0.232 e. The Morgan fingerprint density at radius 1 is 1.22 bits per heavy atom. The normalized spacial score (nSPS) is 16.3. The fourth-order valence-electron chi connectivity index (χ4n) is 2.41. The standard InChI is InChI=1S/C13H12BrClN2S/c14-11-6-5-10(18-11)13-16-9(7-12(15)17-13)8-3-1-2-4-8/h5-8H,1-4H2. The van der Waals surface area contributed by atoms with E-state index in [1.165, 1.54) is 25.7 Å². The maximum Gasteiger partial charge on any atom is 0.171 e. The Labute approximate surface area is 124 Å². The summed E-state index contributed by atoms with van der Waals surface area (Å²) in [5.74, 6) is 1.31. The van der Waals surface area contributed by atoms with Crippen molar-refractivity contribution in [2.75, 3.05) is 0 Å². The highest BCUT2D eigenvalue weighted by molar-refractivity contribution is 9.11. The summed E-state index contributed by atoms with van der Waals surface area (Å²) in [6, 6.07) is 5.96. The van der Waals surface area contributed by atoms with Crippen LogP contribution in [0.1, 0.15) is 37.3 Å². The van der Waals surface area contributed by atoms with Gasteiger partial charge in [-0.15, -0.1) is 11.3 Å². The second-order valence-corrected chi connectivity index (χ2v) is 7.37. The van der Waals surface area contributed by atoms with Crippen LogP contribution in [0.5, 0.6) is 0 Å². The van der Waals surface area contributed by atoms with Crippen molar-refractivity contribution in [1.29, 1.82) is 0 Å². The van der Waals surface area contributed by atoms with E-state index in [9.17, 15) is 0 Å². The van der Waals surface area contributed by atoms with Crippen molar-refractivity contribution in [3.05, 3.63) is 32.8 Å². The molecule has 0 atom stereocenters. The number of nitrogens with zero attached hydrogens (tertiary/aromatic N) is 2. The lowest BCUT2D eigenvalue weighted by atomic mass is 10.0. The number of halogens is 2. The summed E-state index contributed by atoms with van der Waals surface area (Å²) < 4.78 is 1.09. The van der Waals surface area contributed by atoms with Crippen molar-refractivity contribution >= 4 is 38.9 Å². The van der Waals surface area contributed by atoms with Gasteiger partial charge in [-0.05, 0) is 47.0 Å². The molecule has 0 unspecified atom stereocenters. The Balaban J connectivity index is 1.99. The molecule has 0 saturated heterocycles. The van der Waals surface area contributed by atoms with Crippen molar-refractivity contribution < 1.29 is 0 Å². The minimum atomic E-state index is 0.548. The van der Waals surface area contributed by atoms with Gasteiger partial charge in [0.2, 0.25) is 0 Å². The first kappa shape index (κ1) is 12.6. The fourth-order valence-corrected chi connectivity index (χ4v) is 3.92. The molecule has 2 aromatic heterocycles. The summed E-state index contributed by atoms with van der Waals surface area (Å²) in [4.78, 5) is 10.1. The predicted molar refractivity (Wildman–Crippen MR) is 79.3 cm³/mol. The molecule has 0 aliphatic heterocycles. The molecule has 2 nitrogen and oxygen atoms in total. The highest BCUT2D eigenvalue weighted by atomic mass is 79.9. The van der Waals surface area contributed by atoms with Crippen LogP contribution in [0.3, 0.4) is 0 Å². The highest BCUT2D eigenvalue weighted by Crippen LogP contribution is 2.36. The van der Waals surface area contributed by atoms with Crippen LogP contribution in [-0.2, 0) is 0 Å². The van der Waals surface area contributed by atoms with Gasteiger partial charge >= 0.3 is 0 Å². The van der Waals surface area contributed by atoms with Gasteiger partial charge in [0.25, 0.3) is 0 Å². The second-order valence-electron chi connectivity index (χ2n) is 4.52. The van der Waals surface area contributed by atoms with Gasteiger partial charge in [0.1, 0.15) is 5.15 Å². The van der Waals surface area contributed by atoms with Crippen molar-refractivity contribution in [3.63, 3.8) is 0 Å². The SMILES string of the molecule is Clc1cc(C2CCCC2)nc(-c2ccc(Br)s2)n1. The molecule has 5 heteroatoms. The van der Waals surface area contributed by atoms with Crippen LogP contribution in [0, 0.1) is 0 Å². The molecular formula is C13H12BrClN2S. The number of hydrogen-bond donors (Lipinski definition) is 0. The first-order chi connectivity index (χ1) is 8.72. The first-order valence-corrected chi connectivity index (χ1v) is 8.01. The molecule has 1 aliphatic rings. The number of rotatable bonds is 2. The van der Waals surface area contributed by atoms with E-state index >= 15 is 0 Å². The predicted octanol–water partition coefficient (Wildman–Crippen LogP) is 5.28. The van der Waals surface area contributed by atoms with Crippen LogP contribution < -0.4 is 0 Å². The van der Waals surface area contributed by atoms with Crippen LogP contribution in [0.15, 0.2) is 22.0 Å². The molecule has 0 spiro atoms. The largest absolute Gasteiger partial charge is 0.232 e. The summed E-state index contributed by atoms with van der Waals surface area (Å²) in [6.45, 7) is 0. The van der Waals surface area contributed by atoms with Crippen LogP contribution in [0.4, 0.5) is 0 Å². The van der Waals surface area contributed by atoms with E-state index in [0.717, 1.165) is 20.2 Å². The molecule has 2 aromatic rings. The summed E-state index contributed by atoms with van der Waals surface area (Å²) in [5.41, 5.74) is 1.10. The molecule has 18 heavy (non-hydrogen) atoms. The molecular weight excluding hydrogens is 332 g/mol. The van der Waals surface area contributed by atoms with Crippen LogP contribution in [0.25, 0.3) is 10.7 Å². The maximum atomic E-state index is 6.13. The first-order valence-electron chi connectivity index (χ1n) is 6.02.